The van der Waals surface area contributed by atoms with Crippen LogP contribution < -0.4 is 10.6 Å². The van der Waals surface area contributed by atoms with Crippen molar-refractivity contribution in [1.82, 2.24) is 5.32 Å². The highest BCUT2D eigenvalue weighted by Crippen LogP contribution is 2.19. The van der Waals surface area contributed by atoms with E-state index >= 15 is 0 Å². The Hall–Kier alpha value is -1.39. The zero-order valence-corrected chi connectivity index (χ0v) is 11.6. The molecule has 1 unspecified atom stereocenters. The van der Waals surface area contributed by atoms with Crippen LogP contribution in [0.3, 0.4) is 0 Å². The van der Waals surface area contributed by atoms with Crippen LogP contribution >= 0.6 is 0 Å². The minimum atomic E-state index is 0.0526. The molecule has 0 bridgehead atoms. The first-order valence-electron chi connectivity index (χ1n) is 6.89. The van der Waals surface area contributed by atoms with Crippen molar-refractivity contribution in [2.24, 2.45) is 11.8 Å². The maximum atomic E-state index is 12.1. The molecule has 1 fully saturated rings. The molecule has 1 atom stereocenters. The van der Waals surface area contributed by atoms with E-state index < -0.39 is 0 Å². The largest absolute Gasteiger partial charge is 0.377 e. The van der Waals surface area contributed by atoms with Crippen LogP contribution in [0, 0.1) is 11.8 Å². The average molecular weight is 262 g/mol. The van der Waals surface area contributed by atoms with E-state index in [1.807, 2.05) is 38.1 Å². The van der Waals surface area contributed by atoms with Gasteiger partial charge in [-0.3, -0.25) is 4.79 Å². The van der Waals surface area contributed by atoms with Gasteiger partial charge in [0.15, 0.2) is 0 Å². The van der Waals surface area contributed by atoms with Crippen LogP contribution in [0.4, 0.5) is 5.69 Å². The second-order valence-corrected chi connectivity index (χ2v) is 5.03. The summed E-state index contributed by atoms with van der Waals surface area (Å²) in [5.41, 5.74) is 1.93. The summed E-state index contributed by atoms with van der Waals surface area (Å²) in [6.45, 7) is 7.13. The van der Waals surface area contributed by atoms with Crippen molar-refractivity contribution in [2.45, 2.75) is 20.5 Å². The molecule has 1 aliphatic rings. The first kappa shape index (κ1) is 14.0. The Morgan fingerprint density at radius 2 is 2.32 bits per heavy atom. The molecule has 2 N–H and O–H groups in total. The fourth-order valence-electron chi connectivity index (χ4n) is 2.09. The van der Waals surface area contributed by atoms with E-state index in [0.29, 0.717) is 19.1 Å². The monoisotopic (exact) mass is 262 g/mol. The third kappa shape index (κ3) is 3.78. The lowest BCUT2D eigenvalue weighted by Crippen LogP contribution is -2.48. The van der Waals surface area contributed by atoms with Crippen molar-refractivity contribution in [2.75, 3.05) is 25.0 Å². The van der Waals surface area contributed by atoms with Gasteiger partial charge in [-0.2, -0.15) is 0 Å². The van der Waals surface area contributed by atoms with Crippen LogP contribution in [0.5, 0.6) is 0 Å². The fraction of sp³-hybridized carbons (Fsp3) is 0.533. The van der Waals surface area contributed by atoms with Gasteiger partial charge in [-0.25, -0.2) is 0 Å². The van der Waals surface area contributed by atoms with Crippen molar-refractivity contribution in [3.05, 3.63) is 29.8 Å². The molecule has 4 nitrogen and oxygen atoms in total. The van der Waals surface area contributed by atoms with Crippen LogP contribution in [-0.2, 0) is 16.1 Å². The van der Waals surface area contributed by atoms with E-state index in [2.05, 4.69) is 10.6 Å². The maximum absolute atomic E-state index is 12.1. The van der Waals surface area contributed by atoms with Crippen LogP contribution in [-0.4, -0.2) is 25.6 Å². The summed E-state index contributed by atoms with van der Waals surface area (Å²) in [7, 11) is 0. The van der Waals surface area contributed by atoms with E-state index in [4.69, 9.17) is 4.74 Å². The Bertz CT molecular complexity index is 430. The molecule has 0 aromatic heterocycles. The van der Waals surface area contributed by atoms with Crippen LogP contribution in [0.2, 0.25) is 0 Å². The standard InChI is InChI=1S/C15H22N2O2/c1-3-19-10-12-5-4-6-14(7-12)17-15(18)11(2)13-8-16-9-13/h4-7,11,13,16H,3,8-10H2,1-2H3,(H,17,18). The summed E-state index contributed by atoms with van der Waals surface area (Å²) in [6, 6.07) is 7.84. The van der Waals surface area contributed by atoms with Gasteiger partial charge in [-0.15, -0.1) is 0 Å². The Balaban J connectivity index is 1.92. The minimum Gasteiger partial charge on any atom is -0.377 e. The summed E-state index contributed by atoms with van der Waals surface area (Å²) in [5, 5.41) is 6.18. The van der Waals surface area contributed by atoms with Crippen molar-refractivity contribution >= 4 is 11.6 Å². The zero-order valence-electron chi connectivity index (χ0n) is 11.6. The summed E-state index contributed by atoms with van der Waals surface area (Å²) >= 11 is 0. The predicted molar refractivity (Wildman–Crippen MR) is 75.9 cm³/mol. The minimum absolute atomic E-state index is 0.0526. The number of ether oxygens (including phenoxy) is 1. The smallest absolute Gasteiger partial charge is 0.227 e. The van der Waals surface area contributed by atoms with Gasteiger partial charge in [-0.1, -0.05) is 19.1 Å². The molecule has 1 amide bonds. The van der Waals surface area contributed by atoms with Crippen LogP contribution in [0.15, 0.2) is 24.3 Å². The number of hydrogen-bond acceptors (Lipinski definition) is 3. The fourth-order valence-corrected chi connectivity index (χ4v) is 2.09. The molecule has 2 rings (SSSR count). The van der Waals surface area contributed by atoms with E-state index in [9.17, 15) is 4.79 Å². The molecular weight excluding hydrogens is 240 g/mol. The first-order chi connectivity index (χ1) is 9.20. The Morgan fingerprint density at radius 3 is 2.95 bits per heavy atom. The summed E-state index contributed by atoms with van der Waals surface area (Å²) < 4.78 is 5.37. The number of carbonyl (C=O) groups excluding carboxylic acids is 1. The maximum Gasteiger partial charge on any atom is 0.227 e. The summed E-state index contributed by atoms with van der Waals surface area (Å²) in [6.07, 6.45) is 0. The van der Waals surface area contributed by atoms with E-state index in [0.717, 1.165) is 24.3 Å². The third-order valence-electron chi connectivity index (χ3n) is 3.60. The Labute approximate surface area is 114 Å². The molecule has 1 aliphatic heterocycles. The molecule has 0 saturated carbocycles. The van der Waals surface area contributed by atoms with Gasteiger partial charge in [0.05, 0.1) is 6.61 Å². The lowest BCUT2D eigenvalue weighted by atomic mass is 9.88. The van der Waals surface area contributed by atoms with Gasteiger partial charge in [-0.05, 0) is 43.6 Å². The molecule has 1 aromatic carbocycles. The van der Waals surface area contributed by atoms with E-state index in [1.165, 1.54) is 0 Å². The SMILES string of the molecule is CCOCc1cccc(NC(=O)C(C)C2CNC2)c1. The molecule has 104 valence electrons. The molecule has 4 heteroatoms. The van der Waals surface area contributed by atoms with E-state index in [1.54, 1.807) is 0 Å². The van der Waals surface area contributed by atoms with Crippen LogP contribution in [0.1, 0.15) is 19.4 Å². The van der Waals surface area contributed by atoms with E-state index in [-0.39, 0.29) is 11.8 Å². The Morgan fingerprint density at radius 1 is 1.53 bits per heavy atom. The molecular formula is C15H22N2O2. The topological polar surface area (TPSA) is 50.4 Å². The van der Waals surface area contributed by atoms with Gasteiger partial charge in [0.2, 0.25) is 5.91 Å². The first-order valence-corrected chi connectivity index (χ1v) is 6.89. The van der Waals surface area contributed by atoms with Gasteiger partial charge in [0.25, 0.3) is 0 Å². The van der Waals surface area contributed by atoms with Crippen molar-refractivity contribution < 1.29 is 9.53 Å². The van der Waals surface area contributed by atoms with Gasteiger partial charge in [0, 0.05) is 18.2 Å². The highest BCUT2D eigenvalue weighted by molar-refractivity contribution is 5.92. The van der Waals surface area contributed by atoms with Gasteiger partial charge < -0.3 is 15.4 Å². The lowest BCUT2D eigenvalue weighted by molar-refractivity contribution is -0.121. The van der Waals surface area contributed by atoms with Crippen LogP contribution in [0.25, 0.3) is 0 Å². The van der Waals surface area contributed by atoms with Gasteiger partial charge >= 0.3 is 0 Å². The lowest BCUT2D eigenvalue weighted by Gasteiger charge is -2.31. The highest BCUT2D eigenvalue weighted by atomic mass is 16.5. The van der Waals surface area contributed by atoms with Crippen molar-refractivity contribution in [3.8, 4) is 0 Å². The number of hydrogen-bond donors (Lipinski definition) is 2. The third-order valence-corrected chi connectivity index (χ3v) is 3.60. The predicted octanol–water partition coefficient (Wildman–Crippen LogP) is 2.02. The number of nitrogens with one attached hydrogen (secondary N) is 2. The number of anilines is 1. The molecule has 1 aromatic rings. The highest BCUT2D eigenvalue weighted by Gasteiger charge is 2.28. The molecule has 1 saturated heterocycles. The summed E-state index contributed by atoms with van der Waals surface area (Å²) in [5.74, 6) is 0.614. The van der Waals surface area contributed by atoms with Crippen molar-refractivity contribution in [3.63, 3.8) is 0 Å². The number of rotatable bonds is 6. The molecule has 0 aliphatic carbocycles. The average Bonchev–Trinajstić information content (AvgIpc) is 2.34. The summed E-state index contributed by atoms with van der Waals surface area (Å²) in [4.78, 5) is 12.1. The molecule has 1 heterocycles. The quantitative estimate of drug-likeness (QED) is 0.824. The number of amides is 1. The van der Waals surface area contributed by atoms with Crippen molar-refractivity contribution in [1.29, 1.82) is 0 Å². The number of benzene rings is 1. The second kappa shape index (κ2) is 6.68. The Kier molecular flexibility index (Phi) is 4.93. The molecule has 0 radical (unpaired) electrons. The normalized spacial score (nSPS) is 16.7. The number of carbonyl (C=O) groups is 1. The second-order valence-electron chi connectivity index (χ2n) is 5.03. The zero-order chi connectivity index (χ0) is 13.7. The van der Waals surface area contributed by atoms with Gasteiger partial charge in [0.1, 0.15) is 0 Å². The molecule has 19 heavy (non-hydrogen) atoms. The molecule has 0 spiro atoms.